The summed E-state index contributed by atoms with van der Waals surface area (Å²) in [5.74, 6) is -0.822. The van der Waals surface area contributed by atoms with E-state index in [1.807, 2.05) is 20.8 Å². The van der Waals surface area contributed by atoms with Crippen LogP contribution in [-0.2, 0) is 4.79 Å². The van der Waals surface area contributed by atoms with E-state index in [0.29, 0.717) is 12.8 Å². The topological polar surface area (TPSA) is 86.1 Å². The van der Waals surface area contributed by atoms with Crippen molar-refractivity contribution in [1.29, 1.82) is 0 Å². The maximum absolute atomic E-state index is 10.6. The minimum atomic E-state index is -0.822. The van der Waals surface area contributed by atoms with Crippen molar-refractivity contribution in [1.82, 2.24) is 0 Å². The van der Waals surface area contributed by atoms with Crippen molar-refractivity contribution >= 4 is 5.97 Å². The first-order valence-electron chi connectivity index (χ1n) is 6.29. The van der Waals surface area contributed by atoms with Gasteiger partial charge >= 0.3 is 5.97 Å². The maximum Gasteiger partial charge on any atom is 0.303 e. The first kappa shape index (κ1) is 15.1. The third-order valence-electron chi connectivity index (χ3n) is 3.13. The highest BCUT2D eigenvalue weighted by atomic mass is 16.4. The van der Waals surface area contributed by atoms with Crippen LogP contribution in [0.3, 0.4) is 0 Å². The molecule has 19 heavy (non-hydrogen) atoms. The number of hydrogen-bond donors (Lipinski definition) is 1. The lowest BCUT2D eigenvalue weighted by Gasteiger charge is -2.17. The van der Waals surface area contributed by atoms with Gasteiger partial charge in [-0.15, -0.1) is 0 Å². The molecule has 1 atom stereocenters. The third-order valence-corrected chi connectivity index (χ3v) is 3.13. The second kappa shape index (κ2) is 6.81. The molecule has 0 aliphatic carbocycles. The number of carboxylic acids is 1. The highest BCUT2D eigenvalue weighted by Crippen LogP contribution is 2.30. The van der Waals surface area contributed by atoms with Gasteiger partial charge in [-0.2, -0.15) is 0 Å². The Hall–Kier alpha value is -2.00. The molecule has 0 amide bonds. The fourth-order valence-corrected chi connectivity index (χ4v) is 2.49. The Bertz CT molecular complexity index is 496. The zero-order valence-corrected chi connectivity index (χ0v) is 11.6. The summed E-state index contributed by atoms with van der Waals surface area (Å²) in [5, 5.41) is 12.5. The molecular formula is C14H19N3O2. The quantitative estimate of drug-likeness (QED) is 0.472. The van der Waals surface area contributed by atoms with Gasteiger partial charge in [-0.05, 0) is 55.8 Å². The van der Waals surface area contributed by atoms with Gasteiger partial charge in [0, 0.05) is 11.3 Å². The minimum Gasteiger partial charge on any atom is -0.481 e. The Balaban J connectivity index is 2.99. The lowest BCUT2D eigenvalue weighted by atomic mass is 9.92. The molecule has 1 rings (SSSR count). The molecule has 0 aliphatic rings. The number of rotatable bonds is 6. The van der Waals surface area contributed by atoms with Gasteiger partial charge in [-0.1, -0.05) is 22.8 Å². The summed E-state index contributed by atoms with van der Waals surface area (Å²) in [6.45, 7) is 6.01. The summed E-state index contributed by atoms with van der Waals surface area (Å²) in [4.78, 5) is 13.4. The zero-order valence-electron chi connectivity index (χ0n) is 11.6. The molecule has 5 nitrogen and oxygen atoms in total. The minimum absolute atomic E-state index is 0.0986. The van der Waals surface area contributed by atoms with Gasteiger partial charge < -0.3 is 5.11 Å². The number of benzene rings is 1. The average molecular weight is 261 g/mol. The third kappa shape index (κ3) is 4.30. The number of nitrogens with zero attached hydrogens (tertiary/aromatic N) is 3. The molecule has 1 aromatic rings. The smallest absolute Gasteiger partial charge is 0.303 e. The molecule has 0 bridgehead atoms. The largest absolute Gasteiger partial charge is 0.481 e. The first-order valence-corrected chi connectivity index (χ1v) is 6.29. The second-order valence-corrected chi connectivity index (χ2v) is 4.82. The van der Waals surface area contributed by atoms with E-state index >= 15 is 0 Å². The number of aryl methyl sites for hydroxylation is 3. The van der Waals surface area contributed by atoms with Gasteiger partial charge in [0.2, 0.25) is 0 Å². The van der Waals surface area contributed by atoms with Crippen LogP contribution in [-0.4, -0.2) is 11.1 Å². The van der Waals surface area contributed by atoms with Crippen LogP contribution in [0.5, 0.6) is 0 Å². The van der Waals surface area contributed by atoms with Crippen molar-refractivity contribution in [3.8, 4) is 0 Å². The van der Waals surface area contributed by atoms with Gasteiger partial charge in [0.1, 0.15) is 0 Å². The van der Waals surface area contributed by atoms with E-state index in [0.717, 1.165) is 16.7 Å². The Morgan fingerprint density at radius 2 is 1.95 bits per heavy atom. The molecule has 1 aromatic carbocycles. The molecule has 0 heterocycles. The molecule has 0 saturated heterocycles. The van der Waals surface area contributed by atoms with Crippen molar-refractivity contribution in [2.75, 3.05) is 0 Å². The molecule has 5 heteroatoms. The van der Waals surface area contributed by atoms with Gasteiger partial charge in [0.25, 0.3) is 0 Å². The summed E-state index contributed by atoms with van der Waals surface area (Å²) in [7, 11) is 0. The van der Waals surface area contributed by atoms with Crippen molar-refractivity contribution in [2.24, 2.45) is 5.11 Å². The van der Waals surface area contributed by atoms with Crippen LogP contribution in [0.4, 0.5) is 0 Å². The van der Waals surface area contributed by atoms with E-state index in [1.165, 1.54) is 5.56 Å². The van der Waals surface area contributed by atoms with E-state index < -0.39 is 5.97 Å². The Morgan fingerprint density at radius 1 is 1.37 bits per heavy atom. The van der Waals surface area contributed by atoms with Crippen LogP contribution in [0.15, 0.2) is 17.2 Å². The van der Waals surface area contributed by atoms with E-state index in [-0.39, 0.29) is 12.5 Å². The molecule has 0 saturated carbocycles. The number of hydrogen-bond acceptors (Lipinski definition) is 2. The van der Waals surface area contributed by atoms with Crippen LogP contribution >= 0.6 is 0 Å². The van der Waals surface area contributed by atoms with Crippen molar-refractivity contribution < 1.29 is 9.90 Å². The fraction of sp³-hybridized carbons (Fsp3) is 0.500. The monoisotopic (exact) mass is 261 g/mol. The predicted molar refractivity (Wildman–Crippen MR) is 74.0 cm³/mol. The fourth-order valence-electron chi connectivity index (χ4n) is 2.49. The second-order valence-electron chi connectivity index (χ2n) is 4.82. The van der Waals surface area contributed by atoms with Gasteiger partial charge in [-0.25, -0.2) is 0 Å². The number of aliphatic carboxylic acids is 1. The molecule has 102 valence electrons. The first-order chi connectivity index (χ1) is 8.95. The average Bonchev–Trinajstić information content (AvgIpc) is 2.26. The normalized spacial score (nSPS) is 11.7. The Labute approximate surface area is 112 Å². The van der Waals surface area contributed by atoms with E-state index in [1.54, 1.807) is 0 Å². The molecular weight excluding hydrogens is 242 g/mol. The van der Waals surface area contributed by atoms with Crippen LogP contribution in [0.25, 0.3) is 10.4 Å². The van der Waals surface area contributed by atoms with Crippen LogP contribution < -0.4 is 0 Å². The molecule has 0 fully saturated rings. The summed E-state index contributed by atoms with van der Waals surface area (Å²) in [6, 6.07) is 3.82. The van der Waals surface area contributed by atoms with Gasteiger partial charge in [0.05, 0.1) is 6.04 Å². The van der Waals surface area contributed by atoms with E-state index in [9.17, 15) is 4.79 Å². The maximum atomic E-state index is 10.6. The van der Waals surface area contributed by atoms with Crippen molar-refractivity contribution in [3.63, 3.8) is 0 Å². The highest BCUT2D eigenvalue weighted by molar-refractivity contribution is 5.66. The Kier molecular flexibility index (Phi) is 5.39. The van der Waals surface area contributed by atoms with Gasteiger partial charge in [0.15, 0.2) is 0 Å². The summed E-state index contributed by atoms with van der Waals surface area (Å²) in [6.07, 6.45) is 1.16. The number of carboxylic acid groups (broad SMARTS) is 1. The highest BCUT2D eigenvalue weighted by Gasteiger charge is 2.15. The lowest BCUT2D eigenvalue weighted by Crippen LogP contribution is -2.03. The lowest BCUT2D eigenvalue weighted by molar-refractivity contribution is -0.137. The van der Waals surface area contributed by atoms with E-state index in [4.69, 9.17) is 10.6 Å². The zero-order chi connectivity index (χ0) is 14.4. The van der Waals surface area contributed by atoms with E-state index in [2.05, 4.69) is 22.2 Å². The Morgan fingerprint density at radius 3 is 2.42 bits per heavy atom. The molecule has 1 N–H and O–H groups in total. The summed E-state index contributed by atoms with van der Waals surface area (Å²) >= 11 is 0. The number of carbonyl (C=O) groups is 1. The molecule has 1 unspecified atom stereocenters. The summed E-state index contributed by atoms with van der Waals surface area (Å²) in [5.41, 5.74) is 13.1. The van der Waals surface area contributed by atoms with Crippen LogP contribution in [0, 0.1) is 20.8 Å². The SMILES string of the molecule is Cc1cc(C)c(C(CCCC(=O)O)N=[N+]=[N-])c(C)c1. The van der Waals surface area contributed by atoms with Crippen LogP contribution in [0.1, 0.15) is 47.6 Å². The standard InChI is InChI=1S/C14H19N3O2/c1-9-7-10(2)14(11(3)8-9)12(16-17-15)5-4-6-13(18)19/h7-8,12H,4-6H2,1-3H3,(H,18,19). The molecule has 0 aliphatic heterocycles. The molecule has 0 aromatic heterocycles. The molecule has 0 radical (unpaired) electrons. The van der Waals surface area contributed by atoms with Crippen LogP contribution in [0.2, 0.25) is 0 Å². The summed E-state index contributed by atoms with van der Waals surface area (Å²) < 4.78 is 0. The van der Waals surface area contributed by atoms with Gasteiger partial charge in [-0.3, -0.25) is 4.79 Å². The van der Waals surface area contributed by atoms with Crippen molar-refractivity contribution in [2.45, 2.75) is 46.1 Å². The van der Waals surface area contributed by atoms with Crippen molar-refractivity contribution in [3.05, 3.63) is 44.8 Å². The number of azide groups is 1. The predicted octanol–water partition coefficient (Wildman–Crippen LogP) is 4.22. The molecule has 0 spiro atoms.